The maximum atomic E-state index is 12.5. The quantitative estimate of drug-likeness (QED) is 0.0303. The summed E-state index contributed by atoms with van der Waals surface area (Å²) in [6.07, 6.45) is 33.6. The second-order valence-corrected chi connectivity index (χ2v) is 12.8. The zero-order valence-corrected chi connectivity index (χ0v) is 29.9. The van der Waals surface area contributed by atoms with Gasteiger partial charge in [0.05, 0.1) is 0 Å². The highest BCUT2D eigenvalue weighted by molar-refractivity contribution is 5.71. The Bertz CT molecular complexity index is 704. The fourth-order valence-electron chi connectivity index (χ4n) is 5.32. The van der Waals surface area contributed by atoms with Gasteiger partial charge in [0.1, 0.15) is 13.2 Å². The Balaban J connectivity index is 4.27. The standard InChI is InChI=1S/C39H72O6/c1-4-7-10-13-15-17-18-19-20-22-23-26-29-32-38(41)44-35-36(34-43-37(40)31-28-25-12-9-6-3)45-39(42)33-30-27-24-21-16-14-11-8-5-2/h17-18,36H,4-16,19-35H2,1-3H3/b18-17-. The van der Waals surface area contributed by atoms with E-state index in [0.29, 0.717) is 19.3 Å². The van der Waals surface area contributed by atoms with Gasteiger partial charge < -0.3 is 14.2 Å². The van der Waals surface area contributed by atoms with Crippen molar-refractivity contribution in [3.05, 3.63) is 12.2 Å². The average molecular weight is 637 g/mol. The molecule has 0 spiro atoms. The third-order valence-electron chi connectivity index (χ3n) is 8.27. The van der Waals surface area contributed by atoms with E-state index >= 15 is 0 Å². The Morgan fingerprint density at radius 1 is 0.422 bits per heavy atom. The van der Waals surface area contributed by atoms with Gasteiger partial charge in [-0.1, -0.05) is 148 Å². The van der Waals surface area contributed by atoms with Crippen LogP contribution in [0.25, 0.3) is 0 Å². The van der Waals surface area contributed by atoms with Crippen molar-refractivity contribution in [2.45, 2.75) is 207 Å². The lowest BCUT2D eigenvalue weighted by molar-refractivity contribution is -0.167. The molecule has 6 nitrogen and oxygen atoms in total. The number of allylic oxidation sites excluding steroid dienone is 2. The third-order valence-corrected chi connectivity index (χ3v) is 8.27. The summed E-state index contributed by atoms with van der Waals surface area (Å²) in [5, 5.41) is 0. The molecule has 0 saturated heterocycles. The first-order valence-electron chi connectivity index (χ1n) is 19.2. The maximum Gasteiger partial charge on any atom is 0.306 e. The molecule has 0 aliphatic heterocycles. The fourth-order valence-corrected chi connectivity index (χ4v) is 5.32. The molecule has 0 aliphatic carbocycles. The molecule has 6 heteroatoms. The van der Waals surface area contributed by atoms with Crippen molar-refractivity contribution in [2.24, 2.45) is 0 Å². The number of carbonyl (C=O) groups excluding carboxylic acids is 3. The summed E-state index contributed by atoms with van der Waals surface area (Å²) in [5.41, 5.74) is 0. The van der Waals surface area contributed by atoms with Crippen molar-refractivity contribution in [3.8, 4) is 0 Å². The molecule has 0 aliphatic rings. The van der Waals surface area contributed by atoms with Crippen molar-refractivity contribution in [1.29, 1.82) is 0 Å². The molecule has 0 N–H and O–H groups in total. The highest BCUT2D eigenvalue weighted by atomic mass is 16.6. The van der Waals surface area contributed by atoms with E-state index in [2.05, 4.69) is 32.9 Å². The monoisotopic (exact) mass is 637 g/mol. The third kappa shape index (κ3) is 33.3. The summed E-state index contributed by atoms with van der Waals surface area (Å²) in [7, 11) is 0. The zero-order chi connectivity index (χ0) is 33.1. The molecule has 0 radical (unpaired) electrons. The molecule has 264 valence electrons. The summed E-state index contributed by atoms with van der Waals surface area (Å²) in [4.78, 5) is 37.1. The second-order valence-electron chi connectivity index (χ2n) is 12.8. The smallest absolute Gasteiger partial charge is 0.306 e. The van der Waals surface area contributed by atoms with Gasteiger partial charge >= 0.3 is 17.9 Å². The Hall–Kier alpha value is -1.85. The van der Waals surface area contributed by atoms with Crippen LogP contribution in [-0.2, 0) is 28.6 Å². The summed E-state index contributed by atoms with van der Waals surface area (Å²) in [5.74, 6) is -0.899. The van der Waals surface area contributed by atoms with Gasteiger partial charge in [-0.15, -0.1) is 0 Å². The number of hydrogen-bond donors (Lipinski definition) is 0. The van der Waals surface area contributed by atoms with E-state index < -0.39 is 6.10 Å². The first-order chi connectivity index (χ1) is 22.0. The van der Waals surface area contributed by atoms with E-state index in [1.165, 1.54) is 89.9 Å². The van der Waals surface area contributed by atoms with Gasteiger partial charge in [0.25, 0.3) is 0 Å². The van der Waals surface area contributed by atoms with Gasteiger partial charge in [0.2, 0.25) is 0 Å². The van der Waals surface area contributed by atoms with Crippen molar-refractivity contribution < 1.29 is 28.6 Å². The number of carbonyl (C=O) groups is 3. The SMILES string of the molecule is CCCCCC/C=C\CCCCCCCC(=O)OCC(COC(=O)CCCCCCC)OC(=O)CCCCCCCCCCC. The minimum atomic E-state index is -0.760. The fraction of sp³-hybridized carbons (Fsp3) is 0.872. The molecule has 0 aromatic heterocycles. The lowest BCUT2D eigenvalue weighted by Crippen LogP contribution is -2.30. The molecule has 0 bridgehead atoms. The van der Waals surface area contributed by atoms with Crippen LogP contribution in [0.15, 0.2) is 12.2 Å². The molecule has 0 heterocycles. The van der Waals surface area contributed by atoms with Gasteiger partial charge in [-0.2, -0.15) is 0 Å². The van der Waals surface area contributed by atoms with Crippen LogP contribution >= 0.6 is 0 Å². The predicted molar refractivity (Wildman–Crippen MR) is 187 cm³/mol. The van der Waals surface area contributed by atoms with Crippen molar-refractivity contribution >= 4 is 17.9 Å². The topological polar surface area (TPSA) is 78.9 Å². The Kier molecular flexibility index (Phi) is 33.6. The van der Waals surface area contributed by atoms with Crippen LogP contribution in [0.3, 0.4) is 0 Å². The van der Waals surface area contributed by atoms with Gasteiger partial charge in [0, 0.05) is 19.3 Å². The molecule has 0 saturated carbocycles. The summed E-state index contributed by atoms with van der Waals surface area (Å²) >= 11 is 0. The van der Waals surface area contributed by atoms with Crippen molar-refractivity contribution in [3.63, 3.8) is 0 Å². The Labute approximate surface area is 278 Å². The molecule has 1 atom stereocenters. The average Bonchev–Trinajstić information content (AvgIpc) is 3.03. The van der Waals surface area contributed by atoms with Crippen LogP contribution in [0.2, 0.25) is 0 Å². The first-order valence-corrected chi connectivity index (χ1v) is 19.2. The van der Waals surface area contributed by atoms with Crippen LogP contribution in [0.5, 0.6) is 0 Å². The predicted octanol–water partition coefficient (Wildman–Crippen LogP) is 11.5. The highest BCUT2D eigenvalue weighted by Gasteiger charge is 2.19. The minimum Gasteiger partial charge on any atom is -0.462 e. The van der Waals surface area contributed by atoms with Gasteiger partial charge in [-0.05, 0) is 44.9 Å². The van der Waals surface area contributed by atoms with Crippen LogP contribution < -0.4 is 0 Å². The molecule has 0 amide bonds. The van der Waals surface area contributed by atoms with Crippen LogP contribution in [0, 0.1) is 0 Å². The van der Waals surface area contributed by atoms with E-state index in [0.717, 1.165) is 70.6 Å². The molecule has 0 aromatic carbocycles. The van der Waals surface area contributed by atoms with Gasteiger partial charge in [0.15, 0.2) is 6.10 Å². The van der Waals surface area contributed by atoms with Crippen molar-refractivity contribution in [1.82, 2.24) is 0 Å². The number of esters is 3. The van der Waals surface area contributed by atoms with E-state index in [4.69, 9.17) is 14.2 Å². The van der Waals surface area contributed by atoms with Crippen LogP contribution in [0.4, 0.5) is 0 Å². The zero-order valence-electron chi connectivity index (χ0n) is 29.9. The molecule has 0 fully saturated rings. The first kappa shape index (κ1) is 43.1. The summed E-state index contributed by atoms with van der Waals surface area (Å²) < 4.78 is 16.5. The van der Waals surface area contributed by atoms with E-state index in [-0.39, 0.29) is 31.1 Å². The molecular weight excluding hydrogens is 564 g/mol. The number of hydrogen-bond acceptors (Lipinski definition) is 6. The van der Waals surface area contributed by atoms with Gasteiger partial charge in [-0.3, -0.25) is 14.4 Å². The molecular formula is C39H72O6. The maximum absolute atomic E-state index is 12.5. The Morgan fingerprint density at radius 3 is 1.13 bits per heavy atom. The van der Waals surface area contributed by atoms with E-state index in [1.54, 1.807) is 0 Å². The molecule has 0 rings (SSSR count). The number of unbranched alkanes of at least 4 members (excludes halogenated alkanes) is 21. The van der Waals surface area contributed by atoms with Gasteiger partial charge in [-0.25, -0.2) is 0 Å². The molecule has 45 heavy (non-hydrogen) atoms. The normalized spacial score (nSPS) is 12.0. The van der Waals surface area contributed by atoms with E-state index in [9.17, 15) is 14.4 Å². The number of rotatable bonds is 34. The molecule has 0 aromatic rings. The summed E-state index contributed by atoms with van der Waals surface area (Å²) in [6, 6.07) is 0. The highest BCUT2D eigenvalue weighted by Crippen LogP contribution is 2.13. The Morgan fingerprint density at radius 2 is 0.733 bits per heavy atom. The van der Waals surface area contributed by atoms with E-state index in [1.807, 2.05) is 0 Å². The second kappa shape index (κ2) is 35.0. The summed E-state index contributed by atoms with van der Waals surface area (Å²) in [6.45, 7) is 6.49. The van der Waals surface area contributed by atoms with Crippen molar-refractivity contribution in [2.75, 3.05) is 13.2 Å². The lowest BCUT2D eigenvalue weighted by atomic mass is 10.1. The van der Waals surface area contributed by atoms with Crippen LogP contribution in [0.1, 0.15) is 201 Å². The number of ether oxygens (including phenoxy) is 3. The van der Waals surface area contributed by atoms with Crippen LogP contribution in [-0.4, -0.2) is 37.2 Å². The largest absolute Gasteiger partial charge is 0.462 e. The molecule has 1 unspecified atom stereocenters. The lowest BCUT2D eigenvalue weighted by Gasteiger charge is -2.18. The minimum absolute atomic E-state index is 0.0717.